The third kappa shape index (κ3) is 6.23. The number of aliphatic hydroxyl groups is 2. The Hall–Kier alpha value is -0.640. The lowest BCUT2D eigenvalue weighted by Crippen LogP contribution is -2.36. The van der Waals surface area contributed by atoms with Crippen LogP contribution in [0.1, 0.15) is 18.5 Å². The number of hydrogen-bond donors (Lipinski definition) is 6. The minimum atomic E-state index is -0.302. The van der Waals surface area contributed by atoms with E-state index in [0.717, 1.165) is 0 Å². The first-order valence-corrected chi connectivity index (χ1v) is 9.47. The fourth-order valence-electron chi connectivity index (χ4n) is 1.89. The van der Waals surface area contributed by atoms with Crippen LogP contribution in [0.25, 0.3) is 0 Å². The Labute approximate surface area is 138 Å². The van der Waals surface area contributed by atoms with Gasteiger partial charge in [-0.1, -0.05) is 27.7 Å². The predicted octanol–water partition coefficient (Wildman–Crippen LogP) is 0.810. The molecule has 3 atom stereocenters. The van der Waals surface area contributed by atoms with Crippen LogP contribution in [-0.4, -0.2) is 57.2 Å². The maximum absolute atomic E-state index is 9.84. The highest BCUT2D eigenvalue weighted by Crippen LogP contribution is 2.32. The number of rotatable bonds is 10. The van der Waals surface area contributed by atoms with Crippen molar-refractivity contribution in [3.63, 3.8) is 0 Å². The van der Waals surface area contributed by atoms with Gasteiger partial charge in [-0.15, -0.1) is 0 Å². The van der Waals surface area contributed by atoms with Gasteiger partial charge >= 0.3 is 0 Å². The van der Waals surface area contributed by atoms with Crippen molar-refractivity contribution >= 4 is 21.6 Å². The summed E-state index contributed by atoms with van der Waals surface area (Å²) in [7, 11) is 3.09. The lowest BCUT2D eigenvalue weighted by atomic mass is 10.1. The smallest absolute Gasteiger partial charge is 0.124 e. The van der Waals surface area contributed by atoms with Crippen LogP contribution in [0, 0.1) is 0 Å². The summed E-state index contributed by atoms with van der Waals surface area (Å²) in [6.45, 7) is 1.72. The molecule has 0 aliphatic rings. The summed E-state index contributed by atoms with van der Waals surface area (Å²) in [5.41, 5.74) is 6.03. The largest absolute Gasteiger partial charge is 0.507 e. The van der Waals surface area contributed by atoms with Crippen LogP contribution in [0.2, 0.25) is 0 Å². The molecule has 1 aromatic rings. The highest BCUT2D eigenvalue weighted by molar-refractivity contribution is 8.76. The Morgan fingerprint density at radius 1 is 1.09 bits per heavy atom. The van der Waals surface area contributed by atoms with E-state index < -0.39 is 0 Å². The van der Waals surface area contributed by atoms with E-state index in [1.54, 1.807) is 27.7 Å². The van der Waals surface area contributed by atoms with Gasteiger partial charge in [-0.3, -0.25) is 0 Å². The third-order valence-electron chi connectivity index (χ3n) is 3.07. The van der Waals surface area contributed by atoms with Crippen molar-refractivity contribution in [2.45, 2.75) is 25.0 Å². The van der Waals surface area contributed by atoms with Gasteiger partial charge in [0, 0.05) is 29.6 Å². The second kappa shape index (κ2) is 10.2. The molecule has 0 heterocycles. The summed E-state index contributed by atoms with van der Waals surface area (Å²) < 4.78 is 0. The summed E-state index contributed by atoms with van der Waals surface area (Å²) in [6, 6.07) is 3.88. The molecule has 0 aliphatic heterocycles. The molecular formula is C14H24N2O4S2. The third-order valence-corrected chi connectivity index (χ3v) is 5.65. The second-order valence-electron chi connectivity index (χ2n) is 4.99. The van der Waals surface area contributed by atoms with Gasteiger partial charge in [0.2, 0.25) is 0 Å². The summed E-state index contributed by atoms with van der Waals surface area (Å²) in [5, 5.41) is 41.1. The van der Waals surface area contributed by atoms with Gasteiger partial charge in [0.25, 0.3) is 0 Å². The van der Waals surface area contributed by atoms with Crippen molar-refractivity contribution in [1.29, 1.82) is 0 Å². The Kier molecular flexibility index (Phi) is 8.99. The van der Waals surface area contributed by atoms with Crippen molar-refractivity contribution < 1.29 is 20.4 Å². The number of aromatic hydroxyl groups is 2. The summed E-state index contributed by atoms with van der Waals surface area (Å²) in [4.78, 5) is 0. The molecule has 0 radical (unpaired) electrons. The second-order valence-corrected chi connectivity index (χ2v) is 7.54. The molecule has 0 bridgehead atoms. The van der Waals surface area contributed by atoms with E-state index in [0.29, 0.717) is 17.1 Å². The molecule has 1 rings (SSSR count). The van der Waals surface area contributed by atoms with Crippen LogP contribution in [0.3, 0.4) is 0 Å². The van der Waals surface area contributed by atoms with Gasteiger partial charge in [0.15, 0.2) is 0 Å². The van der Waals surface area contributed by atoms with E-state index in [1.807, 2.05) is 6.92 Å². The normalized spacial score (nSPS) is 15.5. The van der Waals surface area contributed by atoms with Crippen LogP contribution >= 0.6 is 21.6 Å². The molecule has 0 aliphatic carbocycles. The standard InChI is InChI=1S/C14H24N2O4S2/c1-9(14-12(19)3-2-4-13(14)20)16-11(6-18)8-22-21-7-10(15)5-17/h2-4,9-11,16-20H,5-8,15H2,1H3. The molecule has 0 saturated carbocycles. The Bertz CT molecular complexity index is 431. The van der Waals surface area contributed by atoms with Gasteiger partial charge < -0.3 is 31.5 Å². The number of phenolic OH excluding ortho intramolecular Hbond substituents is 2. The zero-order valence-corrected chi connectivity index (χ0v) is 14.1. The molecular weight excluding hydrogens is 324 g/mol. The number of aliphatic hydroxyl groups excluding tert-OH is 2. The molecule has 0 saturated heterocycles. The average Bonchev–Trinajstić information content (AvgIpc) is 2.49. The molecule has 0 spiro atoms. The molecule has 7 N–H and O–H groups in total. The number of benzene rings is 1. The minimum absolute atomic E-state index is 0.0210. The van der Waals surface area contributed by atoms with Crippen LogP contribution in [0.15, 0.2) is 18.2 Å². The summed E-state index contributed by atoms with van der Waals surface area (Å²) in [6.07, 6.45) is 0. The molecule has 0 fully saturated rings. The molecule has 6 nitrogen and oxygen atoms in total. The highest BCUT2D eigenvalue weighted by atomic mass is 33.1. The minimum Gasteiger partial charge on any atom is -0.507 e. The van der Waals surface area contributed by atoms with Crippen molar-refractivity contribution in [1.82, 2.24) is 5.32 Å². The van der Waals surface area contributed by atoms with Crippen molar-refractivity contribution in [2.24, 2.45) is 5.73 Å². The van der Waals surface area contributed by atoms with Gasteiger partial charge in [0.1, 0.15) is 11.5 Å². The average molecular weight is 348 g/mol. The van der Waals surface area contributed by atoms with Gasteiger partial charge in [-0.25, -0.2) is 0 Å². The SMILES string of the molecule is CC(NC(CO)CSSCC(N)CO)c1c(O)cccc1O. The van der Waals surface area contributed by atoms with Gasteiger partial charge in [-0.2, -0.15) is 0 Å². The van der Waals surface area contributed by atoms with Crippen LogP contribution in [0.5, 0.6) is 11.5 Å². The van der Waals surface area contributed by atoms with E-state index in [2.05, 4.69) is 5.32 Å². The summed E-state index contributed by atoms with van der Waals surface area (Å²) >= 11 is 0. The highest BCUT2D eigenvalue weighted by Gasteiger charge is 2.18. The van der Waals surface area contributed by atoms with Crippen molar-refractivity contribution in [2.75, 3.05) is 24.7 Å². The van der Waals surface area contributed by atoms with E-state index >= 15 is 0 Å². The van der Waals surface area contributed by atoms with Gasteiger partial charge in [0.05, 0.1) is 18.8 Å². The number of nitrogens with two attached hydrogens (primary N) is 1. The van der Waals surface area contributed by atoms with E-state index in [1.165, 1.54) is 12.1 Å². The van der Waals surface area contributed by atoms with Crippen LogP contribution < -0.4 is 11.1 Å². The predicted molar refractivity (Wildman–Crippen MR) is 92.2 cm³/mol. The molecule has 22 heavy (non-hydrogen) atoms. The molecule has 0 amide bonds. The maximum atomic E-state index is 9.84. The first-order valence-electron chi connectivity index (χ1n) is 6.98. The lowest BCUT2D eigenvalue weighted by Gasteiger charge is -2.23. The van der Waals surface area contributed by atoms with E-state index in [-0.39, 0.29) is 42.8 Å². The number of hydrogen-bond acceptors (Lipinski definition) is 8. The van der Waals surface area contributed by atoms with Crippen molar-refractivity contribution in [3.05, 3.63) is 23.8 Å². The summed E-state index contributed by atoms with van der Waals surface area (Å²) in [5.74, 6) is 1.31. The molecule has 8 heteroatoms. The topological polar surface area (TPSA) is 119 Å². The van der Waals surface area contributed by atoms with Crippen LogP contribution in [-0.2, 0) is 0 Å². The first kappa shape index (κ1) is 19.4. The van der Waals surface area contributed by atoms with Gasteiger partial charge in [-0.05, 0) is 19.1 Å². The zero-order chi connectivity index (χ0) is 16.5. The lowest BCUT2D eigenvalue weighted by molar-refractivity contribution is 0.244. The first-order chi connectivity index (χ1) is 10.5. The fourth-order valence-corrected chi connectivity index (χ4v) is 4.33. The maximum Gasteiger partial charge on any atom is 0.124 e. The van der Waals surface area contributed by atoms with E-state index in [4.69, 9.17) is 10.8 Å². The fraction of sp³-hybridized carbons (Fsp3) is 0.571. The molecule has 1 aromatic carbocycles. The monoisotopic (exact) mass is 348 g/mol. The quantitative estimate of drug-likeness (QED) is 0.272. The Morgan fingerprint density at radius 2 is 1.68 bits per heavy atom. The van der Waals surface area contributed by atoms with Crippen molar-refractivity contribution in [3.8, 4) is 11.5 Å². The zero-order valence-electron chi connectivity index (χ0n) is 12.5. The number of phenols is 2. The number of nitrogens with one attached hydrogen (secondary N) is 1. The van der Waals surface area contributed by atoms with Crippen LogP contribution in [0.4, 0.5) is 0 Å². The molecule has 0 aromatic heterocycles. The molecule has 126 valence electrons. The Morgan fingerprint density at radius 3 is 2.23 bits per heavy atom. The Balaban J connectivity index is 2.48. The molecule has 3 unspecified atom stereocenters. The van der Waals surface area contributed by atoms with E-state index in [9.17, 15) is 15.3 Å².